The summed E-state index contributed by atoms with van der Waals surface area (Å²) in [6.07, 6.45) is 5.92. The number of rotatable bonds is 10. The summed E-state index contributed by atoms with van der Waals surface area (Å²) in [6, 6.07) is 5.32. The molecule has 3 heterocycles. The lowest BCUT2D eigenvalue weighted by Gasteiger charge is -2.47. The molecule has 3 unspecified atom stereocenters. The minimum atomic E-state index is -0.954. The fraction of sp³-hybridized carbons (Fsp3) is 0.560. The van der Waals surface area contributed by atoms with E-state index in [1.807, 2.05) is 19.1 Å². The van der Waals surface area contributed by atoms with E-state index in [-0.39, 0.29) is 6.04 Å². The van der Waals surface area contributed by atoms with Crippen molar-refractivity contribution in [3.63, 3.8) is 0 Å². The molecule has 0 amide bonds. The minimum absolute atomic E-state index is 0.130. The predicted molar refractivity (Wildman–Crippen MR) is 150 cm³/mol. The number of halogens is 2. The van der Waals surface area contributed by atoms with E-state index in [1.165, 1.54) is 12.8 Å². The van der Waals surface area contributed by atoms with E-state index >= 15 is 0 Å². The van der Waals surface area contributed by atoms with Gasteiger partial charge < -0.3 is 25.1 Å². The third-order valence-corrected chi connectivity index (χ3v) is 8.25. The summed E-state index contributed by atoms with van der Waals surface area (Å²) >= 11 is 11.5. The molecule has 0 spiro atoms. The third-order valence-electron chi connectivity index (χ3n) is 7.07. The van der Waals surface area contributed by atoms with Gasteiger partial charge in [0.25, 0.3) is 0 Å². The maximum Gasteiger partial charge on any atom is 0.156 e. The summed E-state index contributed by atoms with van der Waals surface area (Å²) in [7, 11) is 0. The van der Waals surface area contributed by atoms with E-state index in [0.717, 1.165) is 50.6 Å². The van der Waals surface area contributed by atoms with Crippen LogP contribution in [0, 0.1) is 17.2 Å². The fourth-order valence-electron chi connectivity index (χ4n) is 5.07. The highest BCUT2D eigenvalue weighted by Gasteiger charge is 2.36. The number of nitrogens with zero attached hydrogens (tertiary/aromatic N) is 4. The highest BCUT2D eigenvalue weighted by Crippen LogP contribution is 2.34. The molecule has 0 bridgehead atoms. The first-order chi connectivity index (χ1) is 17.2. The first-order valence-corrected chi connectivity index (χ1v) is 14.7. The number of aromatic nitrogens is 2. The van der Waals surface area contributed by atoms with Crippen molar-refractivity contribution >= 4 is 51.9 Å². The molecule has 36 heavy (non-hydrogen) atoms. The van der Waals surface area contributed by atoms with Crippen molar-refractivity contribution in [1.29, 1.82) is 5.41 Å². The second kappa shape index (κ2) is 12.3. The number of piperidine rings is 1. The predicted octanol–water partition coefficient (Wildman–Crippen LogP) is 4.38. The molecule has 1 aromatic carbocycles. The third kappa shape index (κ3) is 6.82. The van der Waals surface area contributed by atoms with Crippen LogP contribution in [-0.4, -0.2) is 70.7 Å². The molecule has 0 saturated carbocycles. The Morgan fingerprint density at radius 1 is 1.28 bits per heavy atom. The van der Waals surface area contributed by atoms with E-state index in [4.69, 9.17) is 33.6 Å². The SMILES string of the molecule is CC(=N)c1ncc(N2CC(C3CCCN(CCN[S+](C)[O-])C3)C2)nc1NC(C)c1ccc(Cl)cc1Cl. The summed E-state index contributed by atoms with van der Waals surface area (Å²) in [5, 5.41) is 12.8. The largest absolute Gasteiger partial charge is 0.598 e. The van der Waals surface area contributed by atoms with Crippen molar-refractivity contribution in [2.24, 2.45) is 11.8 Å². The zero-order valence-electron chi connectivity index (χ0n) is 21.1. The van der Waals surface area contributed by atoms with Crippen LogP contribution in [0.4, 0.5) is 11.6 Å². The van der Waals surface area contributed by atoms with Crippen LogP contribution in [0.5, 0.6) is 0 Å². The summed E-state index contributed by atoms with van der Waals surface area (Å²) < 4.78 is 14.3. The zero-order valence-corrected chi connectivity index (χ0v) is 23.4. The maximum atomic E-state index is 11.3. The number of nitrogens with one attached hydrogen (secondary N) is 3. The van der Waals surface area contributed by atoms with Gasteiger partial charge in [0.15, 0.2) is 5.82 Å². The van der Waals surface area contributed by atoms with Crippen LogP contribution in [0.25, 0.3) is 0 Å². The molecule has 11 heteroatoms. The fourth-order valence-corrected chi connectivity index (χ4v) is 6.02. The van der Waals surface area contributed by atoms with Crippen molar-refractivity contribution in [3.05, 3.63) is 45.7 Å². The lowest BCUT2D eigenvalue weighted by molar-refractivity contribution is 0.121. The molecule has 0 radical (unpaired) electrons. The first kappa shape index (κ1) is 27.4. The number of hydrogen-bond donors (Lipinski definition) is 3. The smallest absolute Gasteiger partial charge is 0.156 e. The standard InChI is InChI=1S/C25H35Cl2N7OS/c1-16(28)24-25(31-17(2)21-7-6-20(26)11-22(21)27)32-23(12-29-24)34-14-19(15-34)18-5-4-9-33(13-18)10-8-30-36(3)35/h6-7,11-12,17-19,28,30H,4-5,8-10,13-15H2,1-3H3,(H,31,32). The van der Waals surface area contributed by atoms with E-state index < -0.39 is 11.4 Å². The van der Waals surface area contributed by atoms with Gasteiger partial charge in [-0.1, -0.05) is 29.3 Å². The van der Waals surface area contributed by atoms with Gasteiger partial charge in [-0.3, -0.25) is 0 Å². The Kier molecular flexibility index (Phi) is 9.35. The number of anilines is 2. The van der Waals surface area contributed by atoms with Crippen molar-refractivity contribution in [2.75, 3.05) is 55.7 Å². The van der Waals surface area contributed by atoms with E-state index in [0.29, 0.717) is 39.1 Å². The molecular weight excluding hydrogens is 517 g/mol. The van der Waals surface area contributed by atoms with Crippen LogP contribution in [-0.2, 0) is 11.4 Å². The number of hydrogen-bond acceptors (Lipinski definition) is 8. The molecular formula is C25H35Cl2N7OS. The number of benzene rings is 1. The normalized spacial score (nSPS) is 20.6. The summed E-state index contributed by atoms with van der Waals surface area (Å²) in [6.45, 7) is 9.57. The van der Waals surface area contributed by atoms with Gasteiger partial charge in [-0.25, -0.2) is 9.97 Å². The average Bonchev–Trinajstić information content (AvgIpc) is 2.78. The highest BCUT2D eigenvalue weighted by molar-refractivity contribution is 7.88. The Balaban J connectivity index is 1.39. The Bertz CT molecular complexity index is 1070. The minimum Gasteiger partial charge on any atom is -0.598 e. The molecule has 3 atom stereocenters. The van der Waals surface area contributed by atoms with Crippen molar-refractivity contribution in [1.82, 2.24) is 19.6 Å². The molecule has 1 aromatic heterocycles. The Morgan fingerprint density at radius 3 is 2.75 bits per heavy atom. The molecule has 3 N–H and O–H groups in total. The molecule has 4 rings (SSSR count). The molecule has 2 fully saturated rings. The molecule has 8 nitrogen and oxygen atoms in total. The van der Waals surface area contributed by atoms with Gasteiger partial charge >= 0.3 is 0 Å². The van der Waals surface area contributed by atoms with Crippen molar-refractivity contribution < 1.29 is 4.55 Å². The van der Waals surface area contributed by atoms with Crippen LogP contribution in [0.3, 0.4) is 0 Å². The van der Waals surface area contributed by atoms with E-state index in [9.17, 15) is 4.55 Å². The Morgan fingerprint density at radius 2 is 2.06 bits per heavy atom. The van der Waals surface area contributed by atoms with Crippen molar-refractivity contribution in [3.8, 4) is 0 Å². The van der Waals surface area contributed by atoms with Crippen LogP contribution in [0.15, 0.2) is 24.4 Å². The maximum absolute atomic E-state index is 11.3. The summed E-state index contributed by atoms with van der Waals surface area (Å²) in [4.78, 5) is 14.2. The van der Waals surface area contributed by atoms with Crippen LogP contribution >= 0.6 is 23.2 Å². The van der Waals surface area contributed by atoms with Gasteiger partial charge in [0.2, 0.25) is 0 Å². The molecule has 2 aromatic rings. The highest BCUT2D eigenvalue weighted by atomic mass is 35.5. The monoisotopic (exact) mass is 551 g/mol. The van der Waals surface area contributed by atoms with Gasteiger partial charge in [0, 0.05) is 47.6 Å². The molecule has 2 aliphatic heterocycles. The Labute approximate surface area is 227 Å². The van der Waals surface area contributed by atoms with E-state index in [1.54, 1.807) is 25.4 Å². The van der Waals surface area contributed by atoms with Gasteiger partial charge in [-0.2, -0.15) is 0 Å². The summed E-state index contributed by atoms with van der Waals surface area (Å²) in [5.41, 5.74) is 1.81. The molecule has 2 saturated heterocycles. The van der Waals surface area contributed by atoms with Crippen molar-refractivity contribution in [2.45, 2.75) is 32.7 Å². The van der Waals surface area contributed by atoms with E-state index in [2.05, 4.69) is 24.8 Å². The lowest BCUT2D eigenvalue weighted by Crippen LogP contribution is -2.54. The average molecular weight is 553 g/mol. The van der Waals surface area contributed by atoms with Crippen LogP contribution in [0.1, 0.15) is 44.0 Å². The van der Waals surface area contributed by atoms with Crippen LogP contribution < -0.4 is 14.9 Å². The Hall–Kier alpha value is -1.62. The quantitative estimate of drug-likeness (QED) is 0.297. The zero-order chi connectivity index (χ0) is 25.8. The van der Waals surface area contributed by atoms with Crippen LogP contribution in [0.2, 0.25) is 10.0 Å². The molecule has 0 aliphatic carbocycles. The van der Waals surface area contributed by atoms with Gasteiger partial charge in [0.1, 0.15) is 17.8 Å². The number of likely N-dealkylation sites (tertiary alicyclic amines) is 1. The topological polar surface area (TPSA) is 103 Å². The molecule has 2 aliphatic rings. The second-order valence-corrected chi connectivity index (χ2v) is 11.8. The second-order valence-electron chi connectivity index (χ2n) is 9.80. The molecule has 196 valence electrons. The van der Waals surface area contributed by atoms with Gasteiger partial charge in [-0.05, 0) is 62.8 Å². The van der Waals surface area contributed by atoms with Gasteiger partial charge in [-0.15, -0.1) is 4.72 Å². The summed E-state index contributed by atoms with van der Waals surface area (Å²) in [5.74, 6) is 2.72. The lowest BCUT2D eigenvalue weighted by atomic mass is 9.80. The first-order valence-electron chi connectivity index (χ1n) is 12.4. The van der Waals surface area contributed by atoms with Gasteiger partial charge in [0.05, 0.1) is 24.5 Å².